The first kappa shape index (κ1) is 16.6. The number of aromatic nitrogens is 3. The lowest BCUT2D eigenvalue weighted by atomic mass is 10.1. The van der Waals surface area contributed by atoms with E-state index in [0.717, 1.165) is 33.5 Å². The molecular formula is C20H17N3O2S. The van der Waals surface area contributed by atoms with Gasteiger partial charge in [0.2, 0.25) is 5.89 Å². The summed E-state index contributed by atoms with van der Waals surface area (Å²) in [5.41, 5.74) is 3.27. The molecule has 2 aromatic heterocycles. The van der Waals surface area contributed by atoms with Crippen LogP contribution in [0.4, 0.5) is 0 Å². The molecule has 130 valence electrons. The highest BCUT2D eigenvalue weighted by atomic mass is 32.2. The number of ether oxygens (including phenoxy) is 1. The zero-order chi connectivity index (χ0) is 17.8. The van der Waals surface area contributed by atoms with Crippen molar-refractivity contribution in [3.63, 3.8) is 0 Å². The lowest BCUT2D eigenvalue weighted by Gasteiger charge is -2.03. The fraction of sp³-hybridized carbons (Fsp3) is 0.150. The molecule has 0 aliphatic heterocycles. The molecule has 0 saturated heterocycles. The summed E-state index contributed by atoms with van der Waals surface area (Å²) in [5, 5.41) is 9.99. The van der Waals surface area contributed by atoms with Gasteiger partial charge in [-0.2, -0.15) is 0 Å². The smallest absolute Gasteiger partial charge is 0.276 e. The fourth-order valence-electron chi connectivity index (χ4n) is 2.71. The third kappa shape index (κ3) is 3.70. The molecule has 0 unspecified atom stereocenters. The molecule has 0 radical (unpaired) electrons. The van der Waals surface area contributed by atoms with Crippen LogP contribution in [0, 0.1) is 0 Å². The first-order chi connectivity index (χ1) is 12.8. The monoisotopic (exact) mass is 363 g/mol. The van der Waals surface area contributed by atoms with Gasteiger partial charge in [-0.15, -0.1) is 10.2 Å². The van der Waals surface area contributed by atoms with Crippen LogP contribution in [-0.2, 0) is 12.2 Å². The summed E-state index contributed by atoms with van der Waals surface area (Å²) >= 11 is 1.53. The second kappa shape index (κ2) is 7.58. The van der Waals surface area contributed by atoms with Gasteiger partial charge in [0.05, 0.1) is 19.0 Å². The van der Waals surface area contributed by atoms with Gasteiger partial charge in [-0.3, -0.25) is 4.98 Å². The number of rotatable bonds is 6. The first-order valence-electron chi connectivity index (χ1n) is 8.22. The Labute approximate surface area is 155 Å². The number of hydrogen-bond donors (Lipinski definition) is 0. The SMILES string of the molecule is COc1ccc(Cc2nnc(SCc3cccc4cccnc34)o2)cc1. The number of nitrogens with zero attached hydrogens (tertiary/aromatic N) is 3. The van der Waals surface area contributed by atoms with Gasteiger partial charge in [0.25, 0.3) is 5.22 Å². The standard InChI is InChI=1S/C20H17N3O2S/c1-24-17-9-7-14(8-10-17)12-18-22-23-20(25-18)26-13-16-5-2-4-15-6-3-11-21-19(15)16/h2-11H,12-13H2,1H3. The van der Waals surface area contributed by atoms with Crippen molar-refractivity contribution in [3.8, 4) is 5.75 Å². The maximum absolute atomic E-state index is 5.77. The molecule has 2 aromatic carbocycles. The summed E-state index contributed by atoms with van der Waals surface area (Å²) < 4.78 is 10.9. The van der Waals surface area contributed by atoms with Crippen LogP contribution in [0.15, 0.2) is 70.4 Å². The van der Waals surface area contributed by atoms with Crippen molar-refractivity contribution in [2.45, 2.75) is 17.4 Å². The Morgan fingerprint density at radius 3 is 2.69 bits per heavy atom. The predicted molar refractivity (Wildman–Crippen MR) is 101 cm³/mol. The van der Waals surface area contributed by atoms with Crippen molar-refractivity contribution >= 4 is 22.7 Å². The van der Waals surface area contributed by atoms with Crippen molar-refractivity contribution < 1.29 is 9.15 Å². The average Bonchev–Trinajstić information content (AvgIpc) is 3.14. The summed E-state index contributed by atoms with van der Waals surface area (Å²) in [4.78, 5) is 4.48. The van der Waals surface area contributed by atoms with E-state index >= 15 is 0 Å². The molecule has 0 spiro atoms. The van der Waals surface area contributed by atoms with E-state index in [9.17, 15) is 0 Å². The van der Waals surface area contributed by atoms with E-state index in [4.69, 9.17) is 9.15 Å². The number of pyridine rings is 1. The van der Waals surface area contributed by atoms with Gasteiger partial charge in [-0.1, -0.05) is 48.2 Å². The number of para-hydroxylation sites is 1. The van der Waals surface area contributed by atoms with E-state index < -0.39 is 0 Å². The highest BCUT2D eigenvalue weighted by Crippen LogP contribution is 2.26. The topological polar surface area (TPSA) is 61.0 Å². The van der Waals surface area contributed by atoms with Crippen LogP contribution in [-0.4, -0.2) is 22.3 Å². The Bertz CT molecular complexity index is 1010. The quantitative estimate of drug-likeness (QED) is 0.470. The zero-order valence-corrected chi connectivity index (χ0v) is 15.1. The Kier molecular flexibility index (Phi) is 4.84. The van der Waals surface area contributed by atoms with Gasteiger partial charge in [0.15, 0.2) is 0 Å². The summed E-state index contributed by atoms with van der Waals surface area (Å²) in [5.74, 6) is 2.17. The molecular weight excluding hydrogens is 346 g/mol. The molecule has 0 saturated carbocycles. The number of thioether (sulfide) groups is 1. The van der Waals surface area contributed by atoms with Gasteiger partial charge in [0, 0.05) is 17.3 Å². The number of benzene rings is 2. The van der Waals surface area contributed by atoms with E-state index in [1.807, 2.05) is 42.6 Å². The fourth-order valence-corrected chi connectivity index (χ4v) is 3.47. The van der Waals surface area contributed by atoms with E-state index in [1.165, 1.54) is 11.8 Å². The lowest BCUT2D eigenvalue weighted by molar-refractivity contribution is 0.413. The molecule has 0 aliphatic rings. The molecule has 4 rings (SSSR count). The third-order valence-corrected chi connectivity index (χ3v) is 4.90. The van der Waals surface area contributed by atoms with Crippen molar-refractivity contribution in [2.24, 2.45) is 0 Å². The molecule has 6 heteroatoms. The van der Waals surface area contributed by atoms with Crippen LogP contribution >= 0.6 is 11.8 Å². The molecule has 2 heterocycles. The molecule has 26 heavy (non-hydrogen) atoms. The Hall–Kier alpha value is -2.86. The number of hydrogen-bond acceptors (Lipinski definition) is 6. The molecule has 0 bridgehead atoms. The molecule has 4 aromatic rings. The van der Waals surface area contributed by atoms with Crippen molar-refractivity contribution in [1.82, 2.24) is 15.2 Å². The Morgan fingerprint density at radius 2 is 1.85 bits per heavy atom. The van der Waals surface area contributed by atoms with Crippen LogP contribution in [0.5, 0.6) is 5.75 Å². The predicted octanol–water partition coefficient (Wildman–Crippen LogP) is 4.51. The largest absolute Gasteiger partial charge is 0.497 e. The summed E-state index contributed by atoms with van der Waals surface area (Å²) in [7, 11) is 1.65. The minimum absolute atomic E-state index is 0.571. The highest BCUT2D eigenvalue weighted by molar-refractivity contribution is 7.98. The number of methoxy groups -OCH3 is 1. The van der Waals surface area contributed by atoms with E-state index in [0.29, 0.717) is 17.5 Å². The molecule has 0 atom stereocenters. The second-order valence-electron chi connectivity index (χ2n) is 5.77. The second-order valence-corrected chi connectivity index (χ2v) is 6.69. The highest BCUT2D eigenvalue weighted by Gasteiger charge is 2.10. The number of fused-ring (bicyclic) bond motifs is 1. The zero-order valence-electron chi connectivity index (χ0n) is 14.3. The summed E-state index contributed by atoms with van der Waals surface area (Å²) in [6.45, 7) is 0. The Morgan fingerprint density at radius 1 is 1.00 bits per heavy atom. The first-order valence-corrected chi connectivity index (χ1v) is 9.21. The normalized spacial score (nSPS) is 11.0. The van der Waals surface area contributed by atoms with Crippen molar-refractivity contribution in [1.29, 1.82) is 0 Å². The van der Waals surface area contributed by atoms with E-state index in [2.05, 4.69) is 33.4 Å². The van der Waals surface area contributed by atoms with Gasteiger partial charge in [-0.25, -0.2) is 0 Å². The minimum atomic E-state index is 0.571. The third-order valence-electron chi connectivity index (χ3n) is 4.03. The van der Waals surface area contributed by atoms with Gasteiger partial charge in [-0.05, 0) is 29.3 Å². The van der Waals surface area contributed by atoms with Gasteiger partial charge in [0.1, 0.15) is 5.75 Å². The maximum Gasteiger partial charge on any atom is 0.276 e. The van der Waals surface area contributed by atoms with Gasteiger partial charge < -0.3 is 9.15 Å². The molecule has 0 aliphatic carbocycles. The van der Waals surface area contributed by atoms with Crippen LogP contribution < -0.4 is 4.74 Å². The van der Waals surface area contributed by atoms with Crippen LogP contribution in [0.3, 0.4) is 0 Å². The Balaban J connectivity index is 1.43. The lowest BCUT2D eigenvalue weighted by Crippen LogP contribution is -1.89. The average molecular weight is 363 g/mol. The summed E-state index contributed by atoms with van der Waals surface area (Å²) in [6, 6.07) is 18.0. The van der Waals surface area contributed by atoms with Crippen molar-refractivity contribution in [3.05, 3.63) is 77.8 Å². The summed E-state index contributed by atoms with van der Waals surface area (Å²) in [6.07, 6.45) is 2.42. The van der Waals surface area contributed by atoms with Crippen LogP contribution in [0.2, 0.25) is 0 Å². The van der Waals surface area contributed by atoms with Crippen molar-refractivity contribution in [2.75, 3.05) is 7.11 Å². The molecule has 5 nitrogen and oxygen atoms in total. The minimum Gasteiger partial charge on any atom is -0.497 e. The molecule has 0 N–H and O–H groups in total. The van der Waals surface area contributed by atoms with Crippen LogP contribution in [0.1, 0.15) is 17.0 Å². The maximum atomic E-state index is 5.77. The van der Waals surface area contributed by atoms with Crippen LogP contribution in [0.25, 0.3) is 10.9 Å². The molecule has 0 amide bonds. The molecule has 0 fully saturated rings. The van der Waals surface area contributed by atoms with E-state index in [-0.39, 0.29) is 0 Å². The van der Waals surface area contributed by atoms with E-state index in [1.54, 1.807) is 7.11 Å². The van der Waals surface area contributed by atoms with Gasteiger partial charge >= 0.3 is 0 Å².